The van der Waals surface area contributed by atoms with Crippen LogP contribution < -0.4 is 5.32 Å². The van der Waals surface area contributed by atoms with Crippen LogP contribution >= 0.6 is 0 Å². The number of aromatic nitrogens is 2. The molecule has 2 N–H and O–H groups in total. The van der Waals surface area contributed by atoms with Crippen LogP contribution in [0.4, 0.5) is 11.6 Å². The molecule has 0 aliphatic carbocycles. The Morgan fingerprint density at radius 2 is 2.06 bits per heavy atom. The second-order valence-electron chi connectivity index (χ2n) is 3.20. The Morgan fingerprint density at radius 3 is 2.56 bits per heavy atom. The van der Waals surface area contributed by atoms with Gasteiger partial charge in [-0.2, -0.15) is 0 Å². The van der Waals surface area contributed by atoms with Crippen LogP contribution in [0.1, 0.15) is 0 Å². The molecular formula is C10H10N4O2. The molecule has 0 unspecified atom stereocenters. The summed E-state index contributed by atoms with van der Waals surface area (Å²) in [6, 6.07) is 6.31. The van der Waals surface area contributed by atoms with Crippen LogP contribution in [-0.4, -0.2) is 21.9 Å². The van der Waals surface area contributed by atoms with Gasteiger partial charge in [-0.1, -0.05) is 0 Å². The number of imidazole rings is 1. The van der Waals surface area contributed by atoms with Crippen LogP contribution in [0.25, 0.3) is 11.3 Å². The van der Waals surface area contributed by atoms with E-state index in [1.807, 2.05) is 0 Å². The third-order valence-corrected chi connectivity index (χ3v) is 2.20. The fraction of sp³-hybridized carbons (Fsp3) is 0.100. The Labute approximate surface area is 91.5 Å². The smallest absolute Gasteiger partial charge is 0.269 e. The zero-order valence-corrected chi connectivity index (χ0v) is 8.60. The number of hydrogen-bond acceptors (Lipinski definition) is 4. The van der Waals surface area contributed by atoms with Crippen molar-refractivity contribution < 1.29 is 4.92 Å². The van der Waals surface area contributed by atoms with Crippen LogP contribution in [0.5, 0.6) is 0 Å². The van der Waals surface area contributed by atoms with Crippen molar-refractivity contribution in [1.29, 1.82) is 0 Å². The number of non-ortho nitro benzene ring substituents is 1. The minimum absolute atomic E-state index is 0.0807. The molecule has 1 heterocycles. The Bertz CT molecular complexity index is 504. The Balaban J connectivity index is 2.30. The molecule has 0 saturated carbocycles. The number of rotatable bonds is 3. The first kappa shape index (κ1) is 10.2. The van der Waals surface area contributed by atoms with E-state index in [0.29, 0.717) is 5.95 Å². The van der Waals surface area contributed by atoms with Crippen molar-refractivity contribution in [3.63, 3.8) is 0 Å². The molecule has 1 aromatic carbocycles. The van der Waals surface area contributed by atoms with Gasteiger partial charge in [-0.25, -0.2) is 4.98 Å². The number of benzene rings is 1. The Hall–Kier alpha value is -2.37. The summed E-state index contributed by atoms with van der Waals surface area (Å²) in [4.78, 5) is 17.2. The summed E-state index contributed by atoms with van der Waals surface area (Å²) in [6.45, 7) is 0. The standard InChI is InChI=1S/C10H10N4O2/c1-11-10-12-6-9(13-10)7-2-4-8(5-3-7)14(15)16/h2-6H,1H3,(H2,11,12,13). The van der Waals surface area contributed by atoms with E-state index >= 15 is 0 Å². The third kappa shape index (κ3) is 1.85. The van der Waals surface area contributed by atoms with Crippen molar-refractivity contribution in [2.24, 2.45) is 0 Å². The second kappa shape index (κ2) is 4.01. The van der Waals surface area contributed by atoms with Gasteiger partial charge < -0.3 is 10.3 Å². The number of hydrogen-bond donors (Lipinski definition) is 2. The molecule has 0 saturated heterocycles. The summed E-state index contributed by atoms with van der Waals surface area (Å²) in [5.74, 6) is 0.661. The highest BCUT2D eigenvalue weighted by atomic mass is 16.6. The van der Waals surface area contributed by atoms with Gasteiger partial charge in [-0.3, -0.25) is 10.1 Å². The number of anilines is 1. The number of nitrogens with zero attached hydrogens (tertiary/aromatic N) is 2. The summed E-state index contributed by atoms with van der Waals surface area (Å²) in [5.41, 5.74) is 1.76. The molecule has 0 aliphatic rings. The van der Waals surface area contributed by atoms with Crippen LogP contribution in [-0.2, 0) is 0 Å². The van der Waals surface area contributed by atoms with E-state index in [1.54, 1.807) is 25.4 Å². The number of aromatic amines is 1. The highest BCUT2D eigenvalue weighted by Crippen LogP contribution is 2.21. The summed E-state index contributed by atoms with van der Waals surface area (Å²) >= 11 is 0. The van der Waals surface area contributed by atoms with Crippen molar-refractivity contribution >= 4 is 11.6 Å². The lowest BCUT2D eigenvalue weighted by Crippen LogP contribution is -1.89. The van der Waals surface area contributed by atoms with Crippen LogP contribution in [0.2, 0.25) is 0 Å². The maximum absolute atomic E-state index is 10.5. The summed E-state index contributed by atoms with van der Waals surface area (Å²) in [7, 11) is 1.76. The highest BCUT2D eigenvalue weighted by Gasteiger charge is 2.06. The SMILES string of the molecule is CNc1ncc(-c2ccc([N+](=O)[O-])cc2)[nH]1. The van der Waals surface area contributed by atoms with Gasteiger partial charge in [0.15, 0.2) is 5.95 Å². The lowest BCUT2D eigenvalue weighted by molar-refractivity contribution is -0.384. The fourth-order valence-corrected chi connectivity index (χ4v) is 1.36. The zero-order valence-electron chi connectivity index (χ0n) is 8.60. The zero-order chi connectivity index (χ0) is 11.5. The number of nitrogens with one attached hydrogen (secondary N) is 2. The van der Waals surface area contributed by atoms with E-state index in [-0.39, 0.29) is 5.69 Å². The van der Waals surface area contributed by atoms with E-state index in [2.05, 4.69) is 15.3 Å². The maximum Gasteiger partial charge on any atom is 0.269 e. The molecule has 0 spiro atoms. The van der Waals surface area contributed by atoms with E-state index < -0.39 is 4.92 Å². The first-order chi connectivity index (χ1) is 7.70. The maximum atomic E-state index is 10.5. The molecule has 0 atom stereocenters. The fourth-order valence-electron chi connectivity index (χ4n) is 1.36. The molecule has 6 heteroatoms. The molecule has 6 nitrogen and oxygen atoms in total. The van der Waals surface area contributed by atoms with Crippen molar-refractivity contribution in [2.75, 3.05) is 12.4 Å². The molecule has 0 bridgehead atoms. The summed E-state index contributed by atoms with van der Waals surface area (Å²) in [5, 5.41) is 13.3. The Morgan fingerprint density at radius 1 is 1.38 bits per heavy atom. The monoisotopic (exact) mass is 218 g/mol. The van der Waals surface area contributed by atoms with E-state index in [1.165, 1.54) is 12.1 Å². The average molecular weight is 218 g/mol. The predicted octanol–water partition coefficient (Wildman–Crippen LogP) is 2.03. The van der Waals surface area contributed by atoms with E-state index in [0.717, 1.165) is 11.3 Å². The quantitative estimate of drug-likeness (QED) is 0.609. The lowest BCUT2D eigenvalue weighted by atomic mass is 10.1. The van der Waals surface area contributed by atoms with Gasteiger partial charge >= 0.3 is 0 Å². The van der Waals surface area contributed by atoms with Gasteiger partial charge in [-0.05, 0) is 12.1 Å². The van der Waals surface area contributed by atoms with Crippen molar-refractivity contribution in [3.05, 3.63) is 40.6 Å². The second-order valence-corrected chi connectivity index (χ2v) is 3.20. The topological polar surface area (TPSA) is 83.8 Å². The van der Waals surface area contributed by atoms with Gasteiger partial charge in [0.25, 0.3) is 5.69 Å². The van der Waals surface area contributed by atoms with Gasteiger partial charge in [0.05, 0.1) is 16.8 Å². The minimum Gasteiger partial charge on any atom is -0.359 e. The summed E-state index contributed by atoms with van der Waals surface area (Å²) < 4.78 is 0. The lowest BCUT2D eigenvalue weighted by Gasteiger charge is -1.97. The average Bonchev–Trinajstić information content (AvgIpc) is 2.77. The van der Waals surface area contributed by atoms with E-state index in [4.69, 9.17) is 0 Å². The largest absolute Gasteiger partial charge is 0.359 e. The third-order valence-electron chi connectivity index (χ3n) is 2.20. The first-order valence-corrected chi connectivity index (χ1v) is 4.68. The van der Waals surface area contributed by atoms with Gasteiger partial charge in [0, 0.05) is 24.7 Å². The van der Waals surface area contributed by atoms with Crippen molar-refractivity contribution in [3.8, 4) is 11.3 Å². The molecule has 82 valence electrons. The number of nitro groups is 1. The minimum atomic E-state index is -0.421. The molecule has 0 aliphatic heterocycles. The first-order valence-electron chi connectivity index (χ1n) is 4.68. The molecule has 1 aromatic heterocycles. The predicted molar refractivity (Wildman–Crippen MR) is 60.2 cm³/mol. The molecule has 0 radical (unpaired) electrons. The molecule has 2 rings (SSSR count). The molecule has 0 fully saturated rings. The van der Waals surface area contributed by atoms with Crippen molar-refractivity contribution in [2.45, 2.75) is 0 Å². The highest BCUT2D eigenvalue weighted by molar-refractivity contribution is 5.61. The molecule has 0 amide bonds. The Kier molecular flexibility index (Phi) is 2.55. The van der Waals surface area contributed by atoms with Crippen LogP contribution in [0.3, 0.4) is 0 Å². The van der Waals surface area contributed by atoms with Gasteiger partial charge in [0.1, 0.15) is 0 Å². The normalized spacial score (nSPS) is 10.1. The molecule has 16 heavy (non-hydrogen) atoms. The van der Waals surface area contributed by atoms with Gasteiger partial charge in [0.2, 0.25) is 0 Å². The van der Waals surface area contributed by atoms with E-state index in [9.17, 15) is 10.1 Å². The number of nitro benzene ring substituents is 1. The van der Waals surface area contributed by atoms with Crippen LogP contribution in [0, 0.1) is 10.1 Å². The van der Waals surface area contributed by atoms with Crippen LogP contribution in [0.15, 0.2) is 30.5 Å². The number of H-pyrrole nitrogens is 1. The molecule has 2 aromatic rings. The van der Waals surface area contributed by atoms with Gasteiger partial charge in [-0.15, -0.1) is 0 Å². The molecular weight excluding hydrogens is 208 g/mol. The van der Waals surface area contributed by atoms with Crippen molar-refractivity contribution in [1.82, 2.24) is 9.97 Å². The summed E-state index contributed by atoms with van der Waals surface area (Å²) in [6.07, 6.45) is 1.67.